The number of nitrogens with two attached hydrogens (primary N) is 1. The summed E-state index contributed by atoms with van der Waals surface area (Å²) in [6.45, 7) is 4.86. The molecule has 1 saturated heterocycles. The third-order valence-electron chi connectivity index (χ3n) is 5.06. The second-order valence-electron chi connectivity index (χ2n) is 6.42. The molecule has 2 fully saturated rings. The maximum absolute atomic E-state index is 10.5. The number of halogens is 1. The lowest BCUT2D eigenvalue weighted by Gasteiger charge is -2.15. The van der Waals surface area contributed by atoms with Crippen molar-refractivity contribution in [3.8, 4) is 0 Å². The first-order chi connectivity index (χ1) is 10.6. The molecule has 1 aromatic carbocycles. The highest BCUT2D eigenvalue weighted by Gasteiger charge is 2.52. The third-order valence-corrected chi connectivity index (χ3v) is 5.37. The van der Waals surface area contributed by atoms with Gasteiger partial charge >= 0.3 is 0 Å². The van der Waals surface area contributed by atoms with Crippen LogP contribution >= 0.6 is 11.6 Å². The van der Waals surface area contributed by atoms with Crippen molar-refractivity contribution < 1.29 is 9.52 Å². The minimum absolute atomic E-state index is 0.441. The molecular weight excluding hydrogens is 302 g/mol. The number of benzene rings is 1. The number of nitrogen functional groups attached to an aromatic ring is 1. The molecule has 3 atom stereocenters. The van der Waals surface area contributed by atoms with E-state index >= 15 is 0 Å². The van der Waals surface area contributed by atoms with E-state index in [-0.39, 0.29) is 0 Å². The summed E-state index contributed by atoms with van der Waals surface area (Å²) in [5, 5.41) is 18.3. The molecule has 2 aromatic rings. The van der Waals surface area contributed by atoms with Crippen molar-refractivity contribution in [2.75, 3.05) is 25.4 Å². The molecule has 6 heteroatoms. The molecule has 0 radical (unpaired) electrons. The number of rotatable bonds is 4. The molecule has 4 rings (SSSR count). The van der Waals surface area contributed by atoms with E-state index in [2.05, 4.69) is 10.6 Å². The molecule has 118 valence electrons. The Balaban J connectivity index is 1.56. The van der Waals surface area contributed by atoms with Gasteiger partial charge in [-0.25, -0.2) is 0 Å². The van der Waals surface area contributed by atoms with E-state index in [4.69, 9.17) is 21.8 Å². The minimum Gasteiger partial charge on any atom is -0.461 e. The fourth-order valence-corrected chi connectivity index (χ4v) is 3.97. The van der Waals surface area contributed by atoms with Gasteiger partial charge in [0.2, 0.25) is 0 Å². The Morgan fingerprint density at radius 2 is 2.18 bits per heavy atom. The number of nitrogens with one attached hydrogen (secondary N) is 2. The Hall–Kier alpha value is -1.27. The Bertz CT molecular complexity index is 720. The molecule has 5 nitrogen and oxygen atoms in total. The highest BCUT2D eigenvalue weighted by molar-refractivity contribution is 6.34. The predicted octanol–water partition coefficient (Wildman–Crippen LogP) is 2.02. The lowest BCUT2D eigenvalue weighted by molar-refractivity contribution is 0.136. The number of aliphatic hydroxyl groups is 1. The van der Waals surface area contributed by atoms with Crippen LogP contribution in [0.5, 0.6) is 0 Å². The van der Waals surface area contributed by atoms with Crippen LogP contribution in [0.3, 0.4) is 0 Å². The summed E-state index contributed by atoms with van der Waals surface area (Å²) in [5.41, 5.74) is 7.74. The predicted molar refractivity (Wildman–Crippen MR) is 86.7 cm³/mol. The molecule has 3 unspecified atom stereocenters. The van der Waals surface area contributed by atoms with E-state index in [0.29, 0.717) is 27.8 Å². The van der Waals surface area contributed by atoms with Gasteiger partial charge in [0, 0.05) is 17.5 Å². The van der Waals surface area contributed by atoms with Crippen molar-refractivity contribution in [2.45, 2.75) is 13.2 Å². The van der Waals surface area contributed by atoms with E-state index in [1.54, 1.807) is 6.07 Å². The van der Waals surface area contributed by atoms with Gasteiger partial charge in [-0.1, -0.05) is 11.6 Å². The Labute approximate surface area is 133 Å². The summed E-state index contributed by atoms with van der Waals surface area (Å²) < 4.78 is 5.70. The van der Waals surface area contributed by atoms with Crippen molar-refractivity contribution in [3.05, 3.63) is 28.5 Å². The van der Waals surface area contributed by atoms with Crippen molar-refractivity contribution in [1.82, 2.24) is 10.6 Å². The molecule has 5 N–H and O–H groups in total. The number of hydrogen-bond donors (Lipinski definition) is 4. The summed E-state index contributed by atoms with van der Waals surface area (Å²) in [5.74, 6) is 2.94. The Morgan fingerprint density at radius 1 is 1.45 bits per heavy atom. The van der Waals surface area contributed by atoms with Gasteiger partial charge in [-0.15, -0.1) is 0 Å². The summed E-state index contributed by atoms with van der Waals surface area (Å²) in [7, 11) is 0. The van der Waals surface area contributed by atoms with Crippen molar-refractivity contribution in [3.63, 3.8) is 0 Å². The zero-order valence-corrected chi connectivity index (χ0v) is 13.2. The lowest BCUT2D eigenvalue weighted by atomic mass is 10.1. The SMILES string of the molecule is Cc1cc2c(N)c(Cl)cc(C(O)NCC3C4CNCC43)c2o1. The summed E-state index contributed by atoms with van der Waals surface area (Å²) in [6.07, 6.45) is -0.805. The monoisotopic (exact) mass is 321 g/mol. The number of hydrogen-bond acceptors (Lipinski definition) is 5. The quantitative estimate of drug-likeness (QED) is 0.511. The molecular formula is C16H20ClN3O2. The van der Waals surface area contributed by atoms with Crippen LogP contribution < -0.4 is 16.4 Å². The van der Waals surface area contributed by atoms with Gasteiger partial charge in [-0.2, -0.15) is 0 Å². The van der Waals surface area contributed by atoms with Crippen molar-refractivity contribution in [1.29, 1.82) is 0 Å². The van der Waals surface area contributed by atoms with Crippen molar-refractivity contribution >= 4 is 28.3 Å². The molecule has 0 bridgehead atoms. The molecule has 2 aliphatic rings. The summed E-state index contributed by atoms with van der Waals surface area (Å²) in [4.78, 5) is 0. The second kappa shape index (κ2) is 5.13. The van der Waals surface area contributed by atoms with Gasteiger partial charge in [-0.05, 0) is 49.9 Å². The fourth-order valence-electron chi connectivity index (χ4n) is 3.75. The lowest BCUT2D eigenvalue weighted by Crippen LogP contribution is -2.27. The van der Waals surface area contributed by atoms with Gasteiger partial charge in [0.25, 0.3) is 0 Å². The van der Waals surface area contributed by atoms with Crippen LogP contribution in [0.2, 0.25) is 5.02 Å². The number of aliphatic hydroxyl groups excluding tert-OH is 1. The molecule has 1 saturated carbocycles. The first kappa shape index (κ1) is 14.3. The Morgan fingerprint density at radius 3 is 2.91 bits per heavy atom. The van der Waals surface area contributed by atoms with Crippen LogP contribution in [-0.4, -0.2) is 24.7 Å². The fraction of sp³-hybridized carbons (Fsp3) is 0.500. The first-order valence-corrected chi connectivity index (χ1v) is 8.04. The molecule has 1 aliphatic carbocycles. The highest BCUT2D eigenvalue weighted by atomic mass is 35.5. The van der Waals surface area contributed by atoms with E-state index in [1.807, 2.05) is 13.0 Å². The largest absolute Gasteiger partial charge is 0.461 e. The van der Waals surface area contributed by atoms with Crippen LogP contribution in [0.25, 0.3) is 11.0 Å². The number of anilines is 1. The number of piperidine rings is 1. The maximum Gasteiger partial charge on any atom is 0.143 e. The normalized spacial score (nSPS) is 28.0. The van der Waals surface area contributed by atoms with E-state index in [1.165, 1.54) is 0 Å². The smallest absolute Gasteiger partial charge is 0.143 e. The molecule has 0 spiro atoms. The van der Waals surface area contributed by atoms with Gasteiger partial charge in [-0.3, -0.25) is 5.32 Å². The van der Waals surface area contributed by atoms with Crippen molar-refractivity contribution in [2.24, 2.45) is 17.8 Å². The maximum atomic E-state index is 10.5. The molecule has 2 heterocycles. The molecule has 1 aromatic heterocycles. The number of fused-ring (bicyclic) bond motifs is 2. The molecule has 22 heavy (non-hydrogen) atoms. The number of aryl methyl sites for hydroxylation is 1. The van der Waals surface area contributed by atoms with Gasteiger partial charge in [0.15, 0.2) is 0 Å². The Kier molecular flexibility index (Phi) is 3.34. The van der Waals surface area contributed by atoms with Gasteiger partial charge in [0.05, 0.1) is 10.7 Å². The number of furan rings is 1. The highest BCUT2D eigenvalue weighted by Crippen LogP contribution is 2.48. The summed E-state index contributed by atoms with van der Waals surface area (Å²) in [6, 6.07) is 3.54. The van der Waals surface area contributed by atoms with Crippen LogP contribution in [0.4, 0.5) is 5.69 Å². The van der Waals surface area contributed by atoms with Gasteiger partial charge in [0.1, 0.15) is 17.6 Å². The summed E-state index contributed by atoms with van der Waals surface area (Å²) >= 11 is 6.19. The second-order valence-corrected chi connectivity index (χ2v) is 6.83. The van der Waals surface area contributed by atoms with Gasteiger partial charge < -0.3 is 20.6 Å². The molecule has 1 aliphatic heterocycles. The van der Waals surface area contributed by atoms with Crippen LogP contribution in [0, 0.1) is 24.7 Å². The average molecular weight is 322 g/mol. The topological polar surface area (TPSA) is 83.5 Å². The first-order valence-electron chi connectivity index (χ1n) is 7.66. The van der Waals surface area contributed by atoms with E-state index < -0.39 is 6.23 Å². The van der Waals surface area contributed by atoms with E-state index in [9.17, 15) is 5.11 Å². The standard InChI is InChI=1S/C16H20ClN3O2/c1-7-2-8-14(18)13(17)3-9(15(8)22-7)16(21)20-6-12-10-4-19-5-11(10)12/h2-3,10-12,16,19-21H,4-6,18H2,1H3. The van der Waals surface area contributed by atoms with Crippen LogP contribution in [0.1, 0.15) is 17.6 Å². The molecule has 0 amide bonds. The average Bonchev–Trinajstić information content (AvgIpc) is 2.85. The minimum atomic E-state index is -0.805. The van der Waals surface area contributed by atoms with E-state index in [0.717, 1.165) is 42.6 Å². The van der Waals surface area contributed by atoms with Crippen LogP contribution in [0.15, 0.2) is 16.5 Å². The third kappa shape index (κ3) is 2.20. The zero-order valence-electron chi connectivity index (χ0n) is 12.4. The van der Waals surface area contributed by atoms with Crippen LogP contribution in [-0.2, 0) is 0 Å². The zero-order chi connectivity index (χ0) is 15.4.